The zero-order valence-corrected chi connectivity index (χ0v) is 9.78. The molecule has 0 fully saturated rings. The predicted molar refractivity (Wildman–Crippen MR) is 67.9 cm³/mol. The topological polar surface area (TPSA) is 24.4 Å². The number of benzene rings is 1. The van der Waals surface area contributed by atoms with Gasteiger partial charge in [-0.25, -0.2) is 0 Å². The Morgan fingerprint density at radius 3 is 2.57 bits per heavy atom. The molecule has 74 valence electrons. The molecule has 0 bridgehead atoms. The SMILES string of the molecule is CSC(=S)N/N=C(/C)c1ccccc1. The van der Waals surface area contributed by atoms with Crippen LogP contribution in [0.5, 0.6) is 0 Å². The maximum atomic E-state index is 4.97. The highest BCUT2D eigenvalue weighted by Crippen LogP contribution is 2.00. The van der Waals surface area contributed by atoms with E-state index in [9.17, 15) is 0 Å². The highest BCUT2D eigenvalue weighted by Gasteiger charge is 1.95. The molecule has 0 saturated heterocycles. The van der Waals surface area contributed by atoms with Gasteiger partial charge in [0, 0.05) is 0 Å². The maximum Gasteiger partial charge on any atom is 0.153 e. The zero-order chi connectivity index (χ0) is 10.4. The number of thiocarbonyl (C=S) groups is 1. The van der Waals surface area contributed by atoms with E-state index in [2.05, 4.69) is 10.5 Å². The van der Waals surface area contributed by atoms with Gasteiger partial charge in [-0.2, -0.15) is 5.10 Å². The maximum absolute atomic E-state index is 4.97. The van der Waals surface area contributed by atoms with Crippen LogP contribution in [0.3, 0.4) is 0 Å². The van der Waals surface area contributed by atoms with Gasteiger partial charge in [0.2, 0.25) is 0 Å². The first-order valence-electron chi connectivity index (χ1n) is 4.17. The molecular weight excluding hydrogens is 212 g/mol. The lowest BCUT2D eigenvalue weighted by atomic mass is 10.1. The van der Waals surface area contributed by atoms with Crippen molar-refractivity contribution in [2.24, 2.45) is 5.10 Å². The summed E-state index contributed by atoms with van der Waals surface area (Å²) in [5.74, 6) is 0. The summed E-state index contributed by atoms with van der Waals surface area (Å²) >= 11 is 6.44. The number of thioether (sulfide) groups is 1. The number of nitrogens with one attached hydrogen (secondary N) is 1. The zero-order valence-electron chi connectivity index (χ0n) is 8.15. The molecule has 0 saturated carbocycles. The van der Waals surface area contributed by atoms with Crippen LogP contribution in [-0.4, -0.2) is 16.3 Å². The Morgan fingerprint density at radius 1 is 1.36 bits per heavy atom. The van der Waals surface area contributed by atoms with Crippen molar-refractivity contribution in [3.05, 3.63) is 35.9 Å². The second kappa shape index (κ2) is 5.78. The summed E-state index contributed by atoms with van der Waals surface area (Å²) in [5.41, 5.74) is 4.85. The molecular formula is C10H12N2S2. The number of hydrazone groups is 1. The summed E-state index contributed by atoms with van der Waals surface area (Å²) in [6.07, 6.45) is 1.92. The van der Waals surface area contributed by atoms with Crippen molar-refractivity contribution in [1.82, 2.24) is 5.43 Å². The van der Waals surface area contributed by atoms with E-state index in [4.69, 9.17) is 12.2 Å². The molecule has 1 N–H and O–H groups in total. The van der Waals surface area contributed by atoms with E-state index in [0.29, 0.717) is 4.32 Å². The Bertz CT molecular complexity index is 333. The minimum atomic E-state index is 0.681. The molecule has 0 unspecified atom stereocenters. The van der Waals surface area contributed by atoms with Gasteiger partial charge in [0.25, 0.3) is 0 Å². The molecule has 1 rings (SSSR count). The Morgan fingerprint density at radius 2 is 2.00 bits per heavy atom. The average molecular weight is 224 g/mol. The fourth-order valence-corrected chi connectivity index (χ4v) is 1.10. The Hall–Kier alpha value is -0.870. The van der Waals surface area contributed by atoms with Crippen molar-refractivity contribution in [3.63, 3.8) is 0 Å². The molecule has 4 heteroatoms. The molecule has 0 radical (unpaired) electrons. The van der Waals surface area contributed by atoms with Gasteiger partial charge < -0.3 is 0 Å². The molecule has 0 spiro atoms. The molecule has 0 aromatic heterocycles. The van der Waals surface area contributed by atoms with Gasteiger partial charge in [-0.15, -0.1) is 0 Å². The minimum absolute atomic E-state index is 0.681. The third-order valence-electron chi connectivity index (χ3n) is 1.69. The summed E-state index contributed by atoms with van der Waals surface area (Å²) in [7, 11) is 0. The van der Waals surface area contributed by atoms with Crippen LogP contribution in [0.1, 0.15) is 12.5 Å². The van der Waals surface area contributed by atoms with Crippen LogP contribution in [0.4, 0.5) is 0 Å². The number of hydrogen-bond donors (Lipinski definition) is 1. The summed E-state index contributed by atoms with van der Waals surface area (Å²) in [5, 5.41) is 4.17. The van der Waals surface area contributed by atoms with Crippen LogP contribution in [0.2, 0.25) is 0 Å². The van der Waals surface area contributed by atoms with Crippen molar-refractivity contribution in [3.8, 4) is 0 Å². The molecule has 0 aliphatic carbocycles. The third kappa shape index (κ3) is 3.47. The molecule has 0 aliphatic heterocycles. The highest BCUT2D eigenvalue weighted by atomic mass is 32.2. The molecule has 2 nitrogen and oxygen atoms in total. The second-order valence-corrected chi connectivity index (χ2v) is 4.15. The first-order chi connectivity index (χ1) is 6.74. The first-order valence-corrected chi connectivity index (χ1v) is 5.81. The lowest BCUT2D eigenvalue weighted by Gasteiger charge is -2.01. The van der Waals surface area contributed by atoms with Crippen molar-refractivity contribution < 1.29 is 0 Å². The molecule has 1 aromatic rings. The van der Waals surface area contributed by atoms with E-state index in [0.717, 1.165) is 11.3 Å². The second-order valence-electron chi connectivity index (χ2n) is 2.67. The normalized spacial score (nSPS) is 11.1. The highest BCUT2D eigenvalue weighted by molar-refractivity contribution is 8.22. The van der Waals surface area contributed by atoms with Gasteiger partial charge in [-0.1, -0.05) is 54.3 Å². The smallest absolute Gasteiger partial charge is 0.153 e. The Kier molecular flexibility index (Phi) is 4.62. The molecule has 0 amide bonds. The molecule has 1 aromatic carbocycles. The van der Waals surface area contributed by atoms with Crippen LogP contribution < -0.4 is 5.43 Å². The Balaban J connectivity index is 2.66. The lowest BCUT2D eigenvalue weighted by molar-refractivity contribution is 1.06. The minimum Gasteiger partial charge on any atom is -0.262 e. The van der Waals surface area contributed by atoms with Gasteiger partial charge in [0.15, 0.2) is 4.32 Å². The largest absolute Gasteiger partial charge is 0.262 e. The monoisotopic (exact) mass is 224 g/mol. The van der Waals surface area contributed by atoms with E-state index >= 15 is 0 Å². The van der Waals surface area contributed by atoms with Crippen molar-refractivity contribution >= 4 is 34.0 Å². The van der Waals surface area contributed by atoms with Crippen molar-refractivity contribution in [2.45, 2.75) is 6.92 Å². The van der Waals surface area contributed by atoms with Crippen LogP contribution >= 0.6 is 24.0 Å². The van der Waals surface area contributed by atoms with Gasteiger partial charge >= 0.3 is 0 Å². The lowest BCUT2D eigenvalue weighted by Crippen LogP contribution is -2.13. The van der Waals surface area contributed by atoms with Crippen LogP contribution in [-0.2, 0) is 0 Å². The summed E-state index contributed by atoms with van der Waals surface area (Å²) in [6.45, 7) is 1.95. The predicted octanol–water partition coefficient (Wildman–Crippen LogP) is 2.65. The molecule has 0 aliphatic rings. The molecule has 0 heterocycles. The van der Waals surface area contributed by atoms with E-state index in [1.165, 1.54) is 11.8 Å². The van der Waals surface area contributed by atoms with E-state index in [1.807, 2.05) is 43.5 Å². The van der Waals surface area contributed by atoms with Gasteiger partial charge in [0.05, 0.1) is 5.71 Å². The van der Waals surface area contributed by atoms with Gasteiger partial charge in [-0.05, 0) is 18.7 Å². The summed E-state index contributed by atoms with van der Waals surface area (Å²) in [6, 6.07) is 9.99. The van der Waals surface area contributed by atoms with Crippen molar-refractivity contribution in [1.29, 1.82) is 0 Å². The quantitative estimate of drug-likeness (QED) is 0.475. The van der Waals surface area contributed by atoms with Crippen molar-refractivity contribution in [2.75, 3.05) is 6.26 Å². The first kappa shape index (κ1) is 11.2. The van der Waals surface area contributed by atoms with Gasteiger partial charge in [-0.3, -0.25) is 5.43 Å². The van der Waals surface area contributed by atoms with Crippen LogP contribution in [0.15, 0.2) is 35.4 Å². The summed E-state index contributed by atoms with van der Waals surface area (Å²) < 4.78 is 0.681. The third-order valence-corrected chi connectivity index (χ3v) is 2.75. The average Bonchev–Trinajstić information content (AvgIpc) is 2.26. The number of nitrogens with zero attached hydrogens (tertiary/aromatic N) is 1. The Labute approximate surface area is 93.8 Å². The van der Waals surface area contributed by atoms with E-state index in [1.54, 1.807) is 0 Å². The van der Waals surface area contributed by atoms with Crippen LogP contribution in [0, 0.1) is 0 Å². The van der Waals surface area contributed by atoms with Crippen LogP contribution in [0.25, 0.3) is 0 Å². The standard InChI is InChI=1S/C10H12N2S2/c1-8(11-12-10(13)14-2)9-6-4-3-5-7-9/h3-7H,1-2H3,(H,12,13)/b11-8-. The number of hydrogen-bond acceptors (Lipinski definition) is 3. The molecule has 0 atom stereocenters. The van der Waals surface area contributed by atoms with Gasteiger partial charge in [0.1, 0.15) is 0 Å². The number of rotatable bonds is 2. The van der Waals surface area contributed by atoms with E-state index in [-0.39, 0.29) is 0 Å². The fourth-order valence-electron chi connectivity index (χ4n) is 0.919. The fraction of sp³-hybridized carbons (Fsp3) is 0.200. The van der Waals surface area contributed by atoms with E-state index < -0.39 is 0 Å². The summed E-state index contributed by atoms with van der Waals surface area (Å²) in [4.78, 5) is 0. The molecule has 14 heavy (non-hydrogen) atoms.